The highest BCUT2D eigenvalue weighted by Gasteiger charge is 2.62. The molecule has 1 aliphatic heterocycles. The molecule has 19 heteroatoms. The van der Waals surface area contributed by atoms with Crippen LogP contribution in [0.4, 0.5) is 13.2 Å². The first-order valence-electron chi connectivity index (χ1n) is 12.3. The molecule has 0 amide bonds. The van der Waals surface area contributed by atoms with Gasteiger partial charge in [0.1, 0.15) is 23.2 Å². The van der Waals surface area contributed by atoms with E-state index in [-0.39, 0.29) is 0 Å². The molecule has 1 saturated heterocycles. The summed E-state index contributed by atoms with van der Waals surface area (Å²) < 4.78 is 78.5. The Bertz CT molecular complexity index is 1230. The second-order valence-corrected chi connectivity index (χ2v) is 12.1. The average molecular weight is 637 g/mol. The molecule has 41 heavy (non-hydrogen) atoms. The smallest absolute Gasteiger partial charge is 0.342 e. The molecule has 1 aromatic rings. The molecule has 6 atom stereocenters. The third kappa shape index (κ3) is 8.40. The van der Waals surface area contributed by atoms with Crippen molar-refractivity contribution in [1.82, 2.24) is 19.7 Å². The van der Waals surface area contributed by atoms with Crippen LogP contribution in [0.15, 0.2) is 15.8 Å². The first-order chi connectivity index (χ1) is 18.8. The Kier molecular flexibility index (Phi) is 11.8. The Morgan fingerprint density at radius 2 is 1.61 bits per heavy atom. The van der Waals surface area contributed by atoms with Gasteiger partial charge in [0.2, 0.25) is 0 Å². The third-order valence-corrected chi connectivity index (χ3v) is 7.81. The molecule has 0 unspecified atom stereocenters. The van der Waals surface area contributed by atoms with Crippen molar-refractivity contribution in [1.29, 1.82) is 0 Å². The largest absolute Gasteiger partial charge is 0.462 e. The topological polar surface area (TPSA) is 187 Å². The summed E-state index contributed by atoms with van der Waals surface area (Å²) in [5.41, 5.74) is -5.55. The fourth-order valence-electron chi connectivity index (χ4n) is 3.60. The number of hydrogen-bond donors (Lipinski definition) is 4. The number of ether oxygens (including phenoxy) is 3. The molecule has 1 aliphatic rings. The average Bonchev–Trinajstić information content (AvgIpc) is 3.10. The highest BCUT2D eigenvalue weighted by Crippen LogP contribution is 2.47. The number of rotatable bonds is 13. The number of aliphatic hydroxyl groups excluding tert-OH is 1. The number of aromatic amines is 1. The first-order valence-corrected chi connectivity index (χ1v) is 14.3. The van der Waals surface area contributed by atoms with E-state index in [1.807, 2.05) is 0 Å². The number of alkyl halides is 3. The number of esters is 2. The van der Waals surface area contributed by atoms with Crippen molar-refractivity contribution in [2.45, 2.75) is 96.4 Å². The Morgan fingerprint density at radius 3 is 2.05 bits per heavy atom. The summed E-state index contributed by atoms with van der Waals surface area (Å²) in [4.78, 5) is 50.1. The van der Waals surface area contributed by atoms with Crippen LogP contribution >= 0.6 is 19.3 Å². The summed E-state index contributed by atoms with van der Waals surface area (Å²) in [6, 6.07) is -2.77. The molecular formula is C22H33ClF3N4O10P. The van der Waals surface area contributed by atoms with Crippen molar-refractivity contribution >= 4 is 31.2 Å². The van der Waals surface area contributed by atoms with Crippen LogP contribution in [-0.4, -0.2) is 81.8 Å². The zero-order valence-electron chi connectivity index (χ0n) is 22.9. The van der Waals surface area contributed by atoms with Gasteiger partial charge in [-0.1, -0.05) is 11.6 Å². The molecule has 0 bridgehead atoms. The monoisotopic (exact) mass is 636 g/mol. The maximum absolute atomic E-state index is 15.1. The number of aliphatic hydroxyl groups is 1. The van der Waals surface area contributed by atoms with E-state index >= 15 is 4.39 Å². The molecule has 234 valence electrons. The van der Waals surface area contributed by atoms with E-state index in [1.54, 1.807) is 32.7 Å². The van der Waals surface area contributed by atoms with Crippen molar-refractivity contribution in [2.24, 2.45) is 0 Å². The van der Waals surface area contributed by atoms with Crippen LogP contribution in [-0.2, 0) is 32.9 Å². The van der Waals surface area contributed by atoms with E-state index in [9.17, 15) is 37.6 Å². The fourth-order valence-corrected chi connectivity index (χ4v) is 5.59. The summed E-state index contributed by atoms with van der Waals surface area (Å²) >= 11 is 5.67. The number of halogens is 4. The minimum atomic E-state index is -4.71. The van der Waals surface area contributed by atoms with Crippen molar-refractivity contribution in [3.63, 3.8) is 0 Å². The van der Waals surface area contributed by atoms with Gasteiger partial charge in [-0.3, -0.25) is 28.5 Å². The lowest BCUT2D eigenvalue weighted by atomic mass is 9.97. The molecule has 0 aromatic carbocycles. The molecule has 1 aromatic heterocycles. The second-order valence-electron chi connectivity index (χ2n) is 9.79. The first kappa shape index (κ1) is 34.9. The van der Waals surface area contributed by atoms with E-state index in [2.05, 4.69) is 10.2 Å². The highest BCUT2D eigenvalue weighted by atomic mass is 35.5. The van der Waals surface area contributed by atoms with E-state index in [0.717, 1.165) is 0 Å². The van der Waals surface area contributed by atoms with Crippen LogP contribution < -0.4 is 21.4 Å². The molecule has 2 heterocycles. The van der Waals surface area contributed by atoms with Gasteiger partial charge in [-0.15, -0.1) is 0 Å². The Balaban J connectivity index is 2.42. The van der Waals surface area contributed by atoms with Crippen LogP contribution in [0.1, 0.15) is 47.8 Å². The van der Waals surface area contributed by atoms with Crippen LogP contribution in [0.3, 0.4) is 0 Å². The summed E-state index contributed by atoms with van der Waals surface area (Å²) in [6.07, 6.45) is -11.8. The van der Waals surface area contributed by atoms with Gasteiger partial charge in [0.15, 0.2) is 18.0 Å². The second kappa shape index (κ2) is 13.8. The van der Waals surface area contributed by atoms with Crippen molar-refractivity contribution in [3.8, 4) is 0 Å². The quantitative estimate of drug-likeness (QED) is 0.180. The summed E-state index contributed by atoms with van der Waals surface area (Å²) in [5, 5.41) is 14.4. The molecule has 0 saturated carbocycles. The molecule has 1 fully saturated rings. The van der Waals surface area contributed by atoms with Crippen LogP contribution in [0.25, 0.3) is 0 Å². The Hall–Kier alpha value is -2.27. The van der Waals surface area contributed by atoms with Gasteiger partial charge in [-0.2, -0.15) is 0 Å². The standard InChI is InChI=1S/C22H33ClF3N4O10P/c1-9(2)38-18(33)11(5)28-41(36,29-12(6)19(34)39-10(3)4)37-8-22(20(25)26)15(31)14(24)17(40-22)30-7-13(23)16(32)27-21(30)35/h7,9-12,14-15,17,20,31H,8H2,1-6H3,(H,27,32,35)(H2,28,29,36)/t11-,12-,14-,15-,17+,22+/m0/s1. The molecular weight excluding hydrogens is 604 g/mol. The van der Waals surface area contributed by atoms with Crippen LogP contribution in [0.2, 0.25) is 5.02 Å². The van der Waals surface area contributed by atoms with Gasteiger partial charge in [0.05, 0.1) is 18.8 Å². The predicted octanol–water partition coefficient (Wildman–Crippen LogP) is 1.41. The molecule has 0 radical (unpaired) electrons. The van der Waals surface area contributed by atoms with E-state index in [1.165, 1.54) is 13.8 Å². The molecule has 2 rings (SSSR count). The van der Waals surface area contributed by atoms with Crippen molar-refractivity contribution in [2.75, 3.05) is 6.61 Å². The molecule has 4 N–H and O–H groups in total. The van der Waals surface area contributed by atoms with Gasteiger partial charge < -0.3 is 23.8 Å². The number of carbonyl (C=O) groups is 2. The summed E-state index contributed by atoms with van der Waals surface area (Å²) in [7, 11) is -4.71. The zero-order valence-corrected chi connectivity index (χ0v) is 24.6. The fraction of sp³-hybridized carbons (Fsp3) is 0.727. The van der Waals surface area contributed by atoms with Gasteiger partial charge >= 0.3 is 25.3 Å². The lowest BCUT2D eigenvalue weighted by molar-refractivity contribution is -0.192. The van der Waals surface area contributed by atoms with Crippen molar-refractivity contribution < 1.29 is 51.2 Å². The van der Waals surface area contributed by atoms with E-state index in [0.29, 0.717) is 10.8 Å². The number of H-pyrrole nitrogens is 1. The van der Waals surface area contributed by atoms with E-state index < -0.39 is 97.3 Å². The number of carbonyl (C=O) groups excluding carboxylic acids is 2. The van der Waals surface area contributed by atoms with E-state index in [4.69, 9.17) is 30.3 Å². The molecule has 14 nitrogen and oxygen atoms in total. The summed E-state index contributed by atoms with van der Waals surface area (Å²) in [5.74, 6) is -1.83. The molecule has 0 spiro atoms. The van der Waals surface area contributed by atoms with Gasteiger partial charge in [0, 0.05) is 6.20 Å². The van der Waals surface area contributed by atoms with Crippen molar-refractivity contribution in [3.05, 3.63) is 32.1 Å². The van der Waals surface area contributed by atoms with Crippen LogP contribution in [0, 0.1) is 0 Å². The van der Waals surface area contributed by atoms with Gasteiger partial charge in [-0.25, -0.2) is 28.1 Å². The zero-order chi connectivity index (χ0) is 31.4. The minimum Gasteiger partial charge on any atom is -0.462 e. The Labute approximate surface area is 237 Å². The SMILES string of the molecule is CC(C)OC(=O)[C@H](C)NP(=O)(N[C@@H](C)C(=O)OC(C)C)OC[C@@]1(C(F)F)O[C@@H](n2cc(Cl)c(=O)[nH]c2=O)[C@@H](F)[C@@H]1O. The number of aromatic nitrogens is 2. The highest BCUT2D eigenvalue weighted by molar-refractivity contribution is 7.54. The molecule has 0 aliphatic carbocycles. The van der Waals surface area contributed by atoms with Gasteiger partial charge in [0.25, 0.3) is 12.0 Å². The minimum absolute atomic E-state index is 0.353. The maximum atomic E-state index is 15.1. The number of nitrogens with one attached hydrogen (secondary N) is 3. The number of hydrogen-bond acceptors (Lipinski definition) is 10. The van der Waals surface area contributed by atoms with Gasteiger partial charge in [-0.05, 0) is 41.5 Å². The maximum Gasteiger partial charge on any atom is 0.342 e. The Morgan fingerprint density at radius 1 is 1.12 bits per heavy atom. The lowest BCUT2D eigenvalue weighted by Crippen LogP contribution is -2.53. The van der Waals surface area contributed by atoms with Crippen LogP contribution in [0.5, 0.6) is 0 Å². The normalized spacial score (nSPS) is 24.6. The predicted molar refractivity (Wildman–Crippen MR) is 137 cm³/mol. The summed E-state index contributed by atoms with van der Waals surface area (Å²) in [6.45, 7) is 7.10. The third-order valence-electron chi connectivity index (χ3n) is 5.59. The number of nitrogens with zero attached hydrogens (tertiary/aromatic N) is 1. The lowest BCUT2D eigenvalue weighted by Gasteiger charge is -2.33.